The van der Waals surface area contributed by atoms with Crippen LogP contribution in [-0.2, 0) is 6.42 Å². The summed E-state index contributed by atoms with van der Waals surface area (Å²) in [7, 11) is 1.86. The molecule has 1 aromatic heterocycles. The molecule has 0 aliphatic heterocycles. The summed E-state index contributed by atoms with van der Waals surface area (Å²) in [6, 6.07) is 5.44. The molecule has 0 fully saturated rings. The molecule has 1 heterocycles. The second kappa shape index (κ2) is 6.91. The molecule has 0 bridgehead atoms. The number of anilines is 1. The van der Waals surface area contributed by atoms with Crippen LogP contribution in [0.2, 0.25) is 10.0 Å². The van der Waals surface area contributed by atoms with Crippen LogP contribution in [0.3, 0.4) is 0 Å². The highest BCUT2D eigenvalue weighted by molar-refractivity contribution is 14.1. The molecule has 3 nitrogen and oxygen atoms in total. The minimum Gasteiger partial charge on any atom is -0.372 e. The van der Waals surface area contributed by atoms with Gasteiger partial charge in [-0.1, -0.05) is 36.5 Å². The summed E-state index contributed by atoms with van der Waals surface area (Å²) >= 11 is 14.3. The van der Waals surface area contributed by atoms with Crippen LogP contribution < -0.4 is 5.32 Å². The number of aryl methyl sites for hydroxylation is 1. The molecule has 0 aliphatic rings. The van der Waals surface area contributed by atoms with Crippen molar-refractivity contribution < 1.29 is 0 Å². The second-order valence-corrected chi connectivity index (χ2v) is 6.18. The van der Waals surface area contributed by atoms with Crippen LogP contribution in [-0.4, -0.2) is 17.0 Å². The highest BCUT2D eigenvalue weighted by Crippen LogP contribution is 2.29. The van der Waals surface area contributed by atoms with E-state index < -0.39 is 0 Å². The van der Waals surface area contributed by atoms with E-state index in [1.807, 2.05) is 13.1 Å². The Kier molecular flexibility index (Phi) is 5.46. The van der Waals surface area contributed by atoms with Crippen LogP contribution in [0, 0.1) is 3.57 Å². The summed E-state index contributed by atoms with van der Waals surface area (Å²) < 4.78 is 1.07. The first-order valence-corrected chi connectivity index (χ1v) is 8.09. The maximum Gasteiger partial charge on any atom is 0.161 e. The Hall–Kier alpha value is -0.590. The quantitative estimate of drug-likeness (QED) is 0.702. The molecule has 0 atom stereocenters. The zero-order valence-electron chi connectivity index (χ0n) is 11.2. The van der Waals surface area contributed by atoms with Gasteiger partial charge in [-0.25, -0.2) is 9.97 Å². The molecule has 0 spiro atoms. The molecule has 0 amide bonds. The Morgan fingerprint density at radius 1 is 1.20 bits per heavy atom. The third-order valence-electron chi connectivity index (χ3n) is 2.82. The van der Waals surface area contributed by atoms with Crippen LogP contribution in [0.15, 0.2) is 18.2 Å². The highest BCUT2D eigenvalue weighted by Gasteiger charge is 2.13. The van der Waals surface area contributed by atoms with E-state index in [9.17, 15) is 0 Å². The van der Waals surface area contributed by atoms with E-state index in [1.54, 1.807) is 12.1 Å². The predicted molar refractivity (Wildman–Crippen MR) is 93.7 cm³/mol. The maximum atomic E-state index is 6.06. The van der Waals surface area contributed by atoms with Crippen molar-refractivity contribution >= 4 is 51.6 Å². The van der Waals surface area contributed by atoms with Gasteiger partial charge in [-0.2, -0.15) is 0 Å². The molecular weight excluding hydrogens is 408 g/mol. The van der Waals surface area contributed by atoms with E-state index in [0.717, 1.165) is 33.5 Å². The van der Waals surface area contributed by atoms with Crippen molar-refractivity contribution in [2.45, 2.75) is 19.8 Å². The summed E-state index contributed by atoms with van der Waals surface area (Å²) in [5.41, 5.74) is 1.91. The lowest BCUT2D eigenvalue weighted by Crippen LogP contribution is -2.05. The number of nitrogens with one attached hydrogen (secondary N) is 1. The molecule has 20 heavy (non-hydrogen) atoms. The van der Waals surface area contributed by atoms with Crippen molar-refractivity contribution in [3.8, 4) is 11.4 Å². The lowest BCUT2D eigenvalue weighted by molar-refractivity contribution is 0.868. The van der Waals surface area contributed by atoms with Gasteiger partial charge >= 0.3 is 0 Å². The van der Waals surface area contributed by atoms with Crippen molar-refractivity contribution in [2.75, 3.05) is 12.4 Å². The fourth-order valence-corrected chi connectivity index (χ4v) is 2.90. The smallest absolute Gasteiger partial charge is 0.161 e. The first-order chi connectivity index (χ1) is 9.56. The molecule has 1 N–H and O–H groups in total. The largest absolute Gasteiger partial charge is 0.372 e. The minimum absolute atomic E-state index is 0.509. The highest BCUT2D eigenvalue weighted by atomic mass is 127. The average molecular weight is 422 g/mol. The summed E-state index contributed by atoms with van der Waals surface area (Å²) in [4.78, 5) is 9.19. The average Bonchev–Trinajstić information content (AvgIpc) is 2.44. The first kappa shape index (κ1) is 15.8. The zero-order valence-corrected chi connectivity index (χ0v) is 14.8. The van der Waals surface area contributed by atoms with Gasteiger partial charge in [0.25, 0.3) is 0 Å². The van der Waals surface area contributed by atoms with E-state index in [-0.39, 0.29) is 0 Å². The Morgan fingerprint density at radius 3 is 2.55 bits per heavy atom. The summed E-state index contributed by atoms with van der Waals surface area (Å²) in [6.07, 6.45) is 1.96. The number of aromatic nitrogens is 2. The van der Waals surface area contributed by atoms with Crippen LogP contribution in [0.25, 0.3) is 11.4 Å². The van der Waals surface area contributed by atoms with Gasteiger partial charge in [-0.3, -0.25) is 0 Å². The lowest BCUT2D eigenvalue weighted by Gasteiger charge is -2.11. The lowest BCUT2D eigenvalue weighted by atomic mass is 10.2. The fourth-order valence-electron chi connectivity index (χ4n) is 1.83. The summed E-state index contributed by atoms with van der Waals surface area (Å²) in [6.45, 7) is 2.13. The van der Waals surface area contributed by atoms with Crippen molar-refractivity contribution in [1.82, 2.24) is 9.97 Å². The molecule has 1 aromatic carbocycles. The van der Waals surface area contributed by atoms with Crippen LogP contribution >= 0.6 is 45.8 Å². The molecule has 0 aliphatic carbocycles. The number of hydrogen-bond donors (Lipinski definition) is 1. The number of benzene rings is 1. The van der Waals surface area contributed by atoms with Crippen molar-refractivity contribution in [2.24, 2.45) is 0 Å². The van der Waals surface area contributed by atoms with E-state index in [2.05, 4.69) is 44.8 Å². The summed E-state index contributed by atoms with van der Waals surface area (Å²) in [5.74, 6) is 1.50. The number of nitrogens with zero attached hydrogens (tertiary/aromatic N) is 2. The molecule has 0 radical (unpaired) electrons. The topological polar surface area (TPSA) is 37.8 Å². The van der Waals surface area contributed by atoms with Gasteiger partial charge in [-0.05, 0) is 47.2 Å². The Labute approximate surface area is 142 Å². The van der Waals surface area contributed by atoms with Crippen molar-refractivity contribution in [3.05, 3.63) is 37.5 Å². The van der Waals surface area contributed by atoms with Gasteiger partial charge in [0.05, 0.1) is 19.3 Å². The molecule has 0 saturated heterocycles. The van der Waals surface area contributed by atoms with Crippen molar-refractivity contribution in [1.29, 1.82) is 0 Å². The number of hydrogen-bond acceptors (Lipinski definition) is 3. The van der Waals surface area contributed by atoms with Gasteiger partial charge < -0.3 is 5.32 Å². The van der Waals surface area contributed by atoms with E-state index in [4.69, 9.17) is 23.2 Å². The zero-order chi connectivity index (χ0) is 14.7. The molecule has 6 heteroatoms. The predicted octanol–water partition coefficient (Wildman–Crippen LogP) is 5.05. The Balaban J connectivity index is 2.55. The van der Waals surface area contributed by atoms with Gasteiger partial charge in [0.1, 0.15) is 5.82 Å². The molecule has 0 saturated carbocycles. The van der Waals surface area contributed by atoms with Crippen molar-refractivity contribution in [3.63, 3.8) is 0 Å². The molecule has 0 unspecified atom stereocenters. The number of rotatable bonds is 4. The first-order valence-electron chi connectivity index (χ1n) is 6.26. The van der Waals surface area contributed by atoms with Gasteiger partial charge in [0, 0.05) is 12.6 Å². The Bertz CT molecular complexity index is 632. The number of halogens is 3. The molecule has 2 aromatic rings. The van der Waals surface area contributed by atoms with Gasteiger partial charge in [0.15, 0.2) is 5.82 Å². The second-order valence-electron chi connectivity index (χ2n) is 4.29. The molecule has 106 valence electrons. The molecular formula is C14H14Cl2IN3. The Morgan fingerprint density at radius 2 is 1.95 bits per heavy atom. The van der Waals surface area contributed by atoms with Crippen LogP contribution in [0.4, 0.5) is 5.82 Å². The normalized spacial score (nSPS) is 10.7. The van der Waals surface area contributed by atoms with Gasteiger partial charge in [0.2, 0.25) is 0 Å². The van der Waals surface area contributed by atoms with Gasteiger partial charge in [-0.15, -0.1) is 0 Å². The fraction of sp³-hybridized carbons (Fsp3) is 0.286. The monoisotopic (exact) mass is 421 g/mol. The third kappa shape index (κ3) is 3.35. The van der Waals surface area contributed by atoms with Crippen LogP contribution in [0.1, 0.15) is 19.0 Å². The minimum atomic E-state index is 0.509. The molecule has 2 rings (SSSR count). The van der Waals surface area contributed by atoms with E-state index >= 15 is 0 Å². The third-order valence-corrected chi connectivity index (χ3v) is 4.69. The maximum absolute atomic E-state index is 6.06. The summed E-state index contributed by atoms with van der Waals surface area (Å²) in [5, 5.41) is 4.15. The SMILES string of the molecule is CCCc1nc(-c2ccc(Cl)c(Cl)c2)nc(NC)c1I. The van der Waals surface area contributed by atoms with E-state index in [0.29, 0.717) is 15.9 Å². The van der Waals surface area contributed by atoms with Crippen LogP contribution in [0.5, 0.6) is 0 Å². The standard InChI is InChI=1S/C14H14Cl2IN3/c1-3-4-11-12(17)14(18-2)20-13(19-11)8-5-6-9(15)10(16)7-8/h5-7H,3-4H2,1-2H3,(H,18,19,20). The van der Waals surface area contributed by atoms with E-state index in [1.165, 1.54) is 0 Å².